The number of phenols is 1. The molecular formula is C29H28N4O2. The molecule has 0 spiro atoms. The van der Waals surface area contributed by atoms with Crippen LogP contribution in [0.25, 0.3) is 22.3 Å². The minimum absolute atomic E-state index is 0.0713. The van der Waals surface area contributed by atoms with E-state index in [0.29, 0.717) is 23.9 Å². The van der Waals surface area contributed by atoms with Gasteiger partial charge in [-0.15, -0.1) is 0 Å². The first kappa shape index (κ1) is 21.6. The van der Waals surface area contributed by atoms with Crippen molar-refractivity contribution in [3.63, 3.8) is 0 Å². The first-order valence-electron chi connectivity index (χ1n) is 12.2. The summed E-state index contributed by atoms with van der Waals surface area (Å²) in [6.07, 6.45) is 1.80. The normalized spacial score (nSPS) is 21.3. The molecule has 3 atom stereocenters. The minimum atomic E-state index is 0.0713. The van der Waals surface area contributed by atoms with E-state index in [1.54, 1.807) is 12.1 Å². The Morgan fingerprint density at radius 3 is 2.66 bits per heavy atom. The molecule has 1 saturated carbocycles. The average molecular weight is 465 g/mol. The van der Waals surface area contributed by atoms with Crippen molar-refractivity contribution in [3.05, 3.63) is 83.9 Å². The second-order valence-electron chi connectivity index (χ2n) is 9.71. The Balaban J connectivity index is 1.23. The number of hydrogen-bond donors (Lipinski definition) is 2. The van der Waals surface area contributed by atoms with Gasteiger partial charge in [-0.05, 0) is 61.1 Å². The number of benzene rings is 3. The Hall–Kier alpha value is -3.93. The molecule has 2 unspecified atom stereocenters. The van der Waals surface area contributed by atoms with Crippen molar-refractivity contribution >= 4 is 22.6 Å². The van der Waals surface area contributed by atoms with Crippen molar-refractivity contribution in [2.75, 3.05) is 18.0 Å². The summed E-state index contributed by atoms with van der Waals surface area (Å²) in [5.74, 6) is 2.08. The molecule has 0 radical (unpaired) electrons. The van der Waals surface area contributed by atoms with E-state index in [-0.39, 0.29) is 23.6 Å². The maximum atomic E-state index is 12.9. The van der Waals surface area contributed by atoms with E-state index in [2.05, 4.69) is 40.5 Å². The molecule has 3 aromatic carbocycles. The second kappa shape index (κ2) is 8.69. The summed E-state index contributed by atoms with van der Waals surface area (Å²) in [4.78, 5) is 24.8. The number of carbonyl (C=O) groups is 1. The number of para-hydroxylation sites is 1. The van der Waals surface area contributed by atoms with Crippen LogP contribution in [0, 0.1) is 12.8 Å². The number of rotatable bonds is 5. The molecule has 6 nitrogen and oxygen atoms in total. The molecule has 0 bridgehead atoms. The fourth-order valence-corrected chi connectivity index (χ4v) is 5.18. The Morgan fingerprint density at radius 1 is 1.03 bits per heavy atom. The minimum Gasteiger partial charge on any atom is -0.507 e. The molecule has 1 aliphatic heterocycles. The lowest BCUT2D eigenvalue weighted by molar-refractivity contribution is -0.123. The summed E-state index contributed by atoms with van der Waals surface area (Å²) < 4.78 is 0. The van der Waals surface area contributed by atoms with Gasteiger partial charge >= 0.3 is 0 Å². The van der Waals surface area contributed by atoms with Crippen molar-refractivity contribution in [2.24, 2.45) is 5.92 Å². The molecule has 4 aromatic rings. The van der Waals surface area contributed by atoms with E-state index in [4.69, 9.17) is 9.97 Å². The zero-order valence-electron chi connectivity index (χ0n) is 19.7. The third-order valence-corrected chi connectivity index (χ3v) is 7.17. The van der Waals surface area contributed by atoms with E-state index in [0.717, 1.165) is 41.7 Å². The van der Waals surface area contributed by atoms with Crippen LogP contribution in [0.15, 0.2) is 72.8 Å². The molecule has 6 rings (SSSR count). The number of nitrogens with zero attached hydrogens (tertiary/aromatic N) is 3. The molecule has 2 fully saturated rings. The SMILES string of the molecule is Cc1ccc2c(N3CCC(NC(=O)C4C[C@@H]4c4ccccc4)C3)nc(-c3ccccc3O)nc2c1. The van der Waals surface area contributed by atoms with Crippen molar-refractivity contribution in [1.82, 2.24) is 15.3 Å². The van der Waals surface area contributed by atoms with E-state index < -0.39 is 0 Å². The summed E-state index contributed by atoms with van der Waals surface area (Å²) in [5, 5.41) is 14.7. The third-order valence-electron chi connectivity index (χ3n) is 7.17. The molecule has 2 aliphatic rings. The highest BCUT2D eigenvalue weighted by atomic mass is 16.3. The smallest absolute Gasteiger partial charge is 0.224 e. The highest BCUT2D eigenvalue weighted by Gasteiger charge is 2.44. The molecular weight excluding hydrogens is 436 g/mol. The molecule has 1 aromatic heterocycles. The maximum Gasteiger partial charge on any atom is 0.224 e. The summed E-state index contributed by atoms with van der Waals surface area (Å²) in [6.45, 7) is 3.55. The summed E-state index contributed by atoms with van der Waals surface area (Å²) in [5.41, 5.74) is 3.83. The van der Waals surface area contributed by atoms with Gasteiger partial charge in [0.15, 0.2) is 5.82 Å². The van der Waals surface area contributed by atoms with Crippen molar-refractivity contribution in [2.45, 2.75) is 31.7 Å². The van der Waals surface area contributed by atoms with Crippen LogP contribution in [-0.2, 0) is 4.79 Å². The van der Waals surface area contributed by atoms with E-state index in [1.165, 1.54) is 5.56 Å². The number of anilines is 1. The van der Waals surface area contributed by atoms with E-state index in [1.807, 2.05) is 37.3 Å². The molecule has 1 amide bonds. The van der Waals surface area contributed by atoms with Crippen molar-refractivity contribution in [1.29, 1.82) is 0 Å². The molecule has 35 heavy (non-hydrogen) atoms. The topological polar surface area (TPSA) is 78.4 Å². The number of nitrogens with one attached hydrogen (secondary N) is 1. The van der Waals surface area contributed by atoms with Crippen LogP contribution in [0.5, 0.6) is 5.75 Å². The Morgan fingerprint density at radius 2 is 1.83 bits per heavy atom. The van der Waals surface area contributed by atoms with Gasteiger partial charge in [-0.1, -0.05) is 48.5 Å². The molecule has 1 aliphatic carbocycles. The Labute approximate surface area is 204 Å². The number of aromatic nitrogens is 2. The van der Waals surface area contributed by atoms with Gasteiger partial charge in [-0.3, -0.25) is 4.79 Å². The summed E-state index contributed by atoms with van der Waals surface area (Å²) in [6, 6.07) is 23.7. The van der Waals surface area contributed by atoms with Gasteiger partial charge in [0.2, 0.25) is 5.91 Å². The monoisotopic (exact) mass is 464 g/mol. The highest BCUT2D eigenvalue weighted by Crippen LogP contribution is 2.47. The van der Waals surface area contributed by atoms with Crippen LogP contribution < -0.4 is 10.2 Å². The first-order valence-corrected chi connectivity index (χ1v) is 12.2. The van der Waals surface area contributed by atoms with Crippen LogP contribution in [0.3, 0.4) is 0 Å². The van der Waals surface area contributed by atoms with Gasteiger partial charge in [-0.25, -0.2) is 9.97 Å². The highest BCUT2D eigenvalue weighted by molar-refractivity contribution is 5.92. The van der Waals surface area contributed by atoms with Crippen LogP contribution in [-0.4, -0.2) is 40.1 Å². The largest absolute Gasteiger partial charge is 0.507 e. The standard InChI is InChI=1S/C29H28N4O2/c1-18-11-12-21-25(15-18)31-27(22-9-5-6-10-26(22)34)32-28(21)33-14-13-20(17-33)30-29(35)24-16-23(24)19-7-3-2-4-8-19/h2-12,15,20,23-24,34H,13-14,16-17H2,1H3,(H,30,35)/t20?,23-,24?/m1/s1. The quantitative estimate of drug-likeness (QED) is 0.443. The lowest BCUT2D eigenvalue weighted by atomic mass is 10.1. The lowest BCUT2D eigenvalue weighted by Gasteiger charge is -2.21. The van der Waals surface area contributed by atoms with Crippen LogP contribution in [0.4, 0.5) is 5.82 Å². The molecule has 176 valence electrons. The summed E-state index contributed by atoms with van der Waals surface area (Å²) >= 11 is 0. The fourth-order valence-electron chi connectivity index (χ4n) is 5.18. The fraction of sp³-hybridized carbons (Fsp3) is 0.276. The lowest BCUT2D eigenvalue weighted by Crippen LogP contribution is -2.38. The molecule has 1 saturated heterocycles. The van der Waals surface area contributed by atoms with Gasteiger partial charge < -0.3 is 15.3 Å². The predicted octanol–water partition coefficient (Wildman–Crippen LogP) is 4.81. The third kappa shape index (κ3) is 4.20. The van der Waals surface area contributed by atoms with Crippen LogP contribution in [0.2, 0.25) is 0 Å². The van der Waals surface area contributed by atoms with Gasteiger partial charge in [0, 0.05) is 30.4 Å². The maximum absolute atomic E-state index is 12.9. The first-order chi connectivity index (χ1) is 17.1. The zero-order valence-corrected chi connectivity index (χ0v) is 19.7. The number of hydrogen-bond acceptors (Lipinski definition) is 5. The molecule has 2 N–H and O–H groups in total. The molecule has 6 heteroatoms. The number of aromatic hydroxyl groups is 1. The van der Waals surface area contributed by atoms with Gasteiger partial charge in [0.05, 0.1) is 11.1 Å². The van der Waals surface area contributed by atoms with E-state index >= 15 is 0 Å². The second-order valence-corrected chi connectivity index (χ2v) is 9.71. The van der Waals surface area contributed by atoms with Gasteiger partial charge in [-0.2, -0.15) is 0 Å². The number of phenolic OH excluding ortho intramolecular Hbond substituents is 1. The van der Waals surface area contributed by atoms with Gasteiger partial charge in [0.25, 0.3) is 0 Å². The molecule has 2 heterocycles. The Kier molecular flexibility index (Phi) is 5.36. The average Bonchev–Trinajstić information content (AvgIpc) is 3.55. The number of carbonyl (C=O) groups excluding carboxylic acids is 1. The number of amides is 1. The van der Waals surface area contributed by atoms with Crippen molar-refractivity contribution < 1.29 is 9.90 Å². The zero-order chi connectivity index (χ0) is 23.9. The van der Waals surface area contributed by atoms with Crippen LogP contribution in [0.1, 0.15) is 29.9 Å². The number of fused-ring (bicyclic) bond motifs is 1. The van der Waals surface area contributed by atoms with Crippen molar-refractivity contribution in [3.8, 4) is 17.1 Å². The Bertz CT molecular complexity index is 1400. The predicted molar refractivity (Wildman–Crippen MR) is 137 cm³/mol. The number of aryl methyl sites for hydroxylation is 1. The van der Waals surface area contributed by atoms with Crippen LogP contribution >= 0.6 is 0 Å². The summed E-state index contributed by atoms with van der Waals surface area (Å²) in [7, 11) is 0. The van der Waals surface area contributed by atoms with Gasteiger partial charge in [0.1, 0.15) is 11.6 Å². The van der Waals surface area contributed by atoms with E-state index in [9.17, 15) is 9.90 Å².